The number of para-hydroxylation sites is 2. The highest BCUT2D eigenvalue weighted by Gasteiger charge is 2.12. The van der Waals surface area contributed by atoms with Gasteiger partial charge >= 0.3 is 0 Å². The zero-order valence-electron chi connectivity index (χ0n) is 12.6. The van der Waals surface area contributed by atoms with Crippen molar-refractivity contribution in [1.82, 2.24) is 4.57 Å². The summed E-state index contributed by atoms with van der Waals surface area (Å²) in [7, 11) is -3.18. The van der Waals surface area contributed by atoms with Crippen LogP contribution < -0.4 is 0 Å². The molecule has 0 bridgehead atoms. The van der Waals surface area contributed by atoms with E-state index < -0.39 is 9.84 Å². The minimum atomic E-state index is -3.18. The summed E-state index contributed by atoms with van der Waals surface area (Å²) in [6.45, 7) is 0. The summed E-state index contributed by atoms with van der Waals surface area (Å²) >= 11 is 0. The second-order valence-corrected chi connectivity index (χ2v) is 7.65. The van der Waals surface area contributed by atoms with Crippen molar-refractivity contribution < 1.29 is 8.42 Å². The second-order valence-electron chi connectivity index (χ2n) is 5.64. The molecule has 0 saturated heterocycles. The van der Waals surface area contributed by atoms with Gasteiger partial charge in [0.15, 0.2) is 9.84 Å². The van der Waals surface area contributed by atoms with Crippen LogP contribution in [0.4, 0.5) is 0 Å². The molecular weight excluding hydrogens is 306 g/mol. The van der Waals surface area contributed by atoms with Gasteiger partial charge in [0.25, 0.3) is 0 Å². The standard InChI is InChI=1S/C19H15NO2S/c1-23(21,22)15-12-10-14(11-13-15)20-18-8-4-2-6-16(18)17-7-3-5-9-19(17)20/h2-13H,1H3. The van der Waals surface area contributed by atoms with Gasteiger partial charge in [-0.1, -0.05) is 36.4 Å². The fourth-order valence-electron chi connectivity index (χ4n) is 3.04. The topological polar surface area (TPSA) is 39.1 Å². The summed E-state index contributed by atoms with van der Waals surface area (Å²) in [6.07, 6.45) is 1.22. The zero-order valence-corrected chi connectivity index (χ0v) is 13.4. The van der Waals surface area contributed by atoms with E-state index in [9.17, 15) is 8.42 Å². The smallest absolute Gasteiger partial charge is 0.175 e. The van der Waals surface area contributed by atoms with E-state index in [4.69, 9.17) is 0 Å². The third kappa shape index (κ3) is 2.23. The van der Waals surface area contributed by atoms with E-state index in [-0.39, 0.29) is 0 Å². The van der Waals surface area contributed by atoms with Crippen LogP contribution in [-0.4, -0.2) is 19.2 Å². The van der Waals surface area contributed by atoms with E-state index in [1.54, 1.807) is 12.1 Å². The van der Waals surface area contributed by atoms with Gasteiger partial charge in [0.2, 0.25) is 0 Å². The molecule has 4 heteroatoms. The molecule has 0 atom stereocenters. The van der Waals surface area contributed by atoms with Crippen molar-refractivity contribution >= 4 is 31.6 Å². The maximum Gasteiger partial charge on any atom is 0.175 e. The Balaban J connectivity index is 2.04. The van der Waals surface area contributed by atoms with Crippen molar-refractivity contribution in [3.8, 4) is 5.69 Å². The van der Waals surface area contributed by atoms with Gasteiger partial charge in [-0.2, -0.15) is 0 Å². The molecule has 1 aromatic heterocycles. The predicted octanol–water partition coefficient (Wildman–Crippen LogP) is 4.19. The lowest BCUT2D eigenvalue weighted by molar-refractivity contribution is 0.602. The molecule has 3 aromatic carbocycles. The van der Waals surface area contributed by atoms with Crippen LogP contribution in [0.15, 0.2) is 77.7 Å². The molecule has 4 aromatic rings. The first-order valence-corrected chi connectivity index (χ1v) is 9.23. The molecule has 0 fully saturated rings. The molecule has 0 unspecified atom stereocenters. The lowest BCUT2D eigenvalue weighted by Crippen LogP contribution is -1.98. The number of nitrogens with zero attached hydrogens (tertiary/aromatic N) is 1. The van der Waals surface area contributed by atoms with Crippen LogP contribution >= 0.6 is 0 Å². The summed E-state index contributed by atoms with van der Waals surface area (Å²) in [5.41, 5.74) is 3.18. The Labute approximate surface area is 134 Å². The third-order valence-electron chi connectivity index (χ3n) is 4.10. The molecule has 0 amide bonds. The molecular formula is C19H15NO2S. The lowest BCUT2D eigenvalue weighted by Gasteiger charge is -2.08. The van der Waals surface area contributed by atoms with E-state index in [0.29, 0.717) is 4.90 Å². The highest BCUT2D eigenvalue weighted by Crippen LogP contribution is 2.31. The van der Waals surface area contributed by atoms with Crippen molar-refractivity contribution in [2.24, 2.45) is 0 Å². The van der Waals surface area contributed by atoms with E-state index in [2.05, 4.69) is 28.8 Å². The van der Waals surface area contributed by atoms with Crippen molar-refractivity contribution in [2.75, 3.05) is 6.26 Å². The Morgan fingerprint density at radius 1 is 0.696 bits per heavy atom. The lowest BCUT2D eigenvalue weighted by atomic mass is 10.2. The average Bonchev–Trinajstić information content (AvgIpc) is 2.89. The fraction of sp³-hybridized carbons (Fsp3) is 0.0526. The summed E-state index contributed by atoms with van der Waals surface area (Å²) < 4.78 is 25.5. The van der Waals surface area contributed by atoms with Crippen LogP contribution in [0.3, 0.4) is 0 Å². The van der Waals surface area contributed by atoms with Gasteiger partial charge in [-0.15, -0.1) is 0 Å². The number of benzene rings is 3. The maximum absolute atomic E-state index is 11.6. The third-order valence-corrected chi connectivity index (χ3v) is 5.23. The van der Waals surface area contributed by atoms with Crippen LogP contribution in [0.25, 0.3) is 27.5 Å². The van der Waals surface area contributed by atoms with Gasteiger partial charge in [-0.3, -0.25) is 0 Å². The number of hydrogen-bond donors (Lipinski definition) is 0. The molecule has 0 aliphatic rings. The number of aromatic nitrogens is 1. The Morgan fingerprint density at radius 2 is 1.17 bits per heavy atom. The maximum atomic E-state index is 11.6. The normalized spacial score (nSPS) is 12.0. The molecule has 1 heterocycles. The monoisotopic (exact) mass is 321 g/mol. The Kier molecular flexibility index (Phi) is 3.03. The average molecular weight is 321 g/mol. The molecule has 0 saturated carbocycles. The highest BCUT2D eigenvalue weighted by atomic mass is 32.2. The first-order chi connectivity index (χ1) is 11.1. The van der Waals surface area contributed by atoms with Gasteiger partial charge < -0.3 is 4.57 Å². The summed E-state index contributed by atoms with van der Waals surface area (Å²) in [5, 5.41) is 2.38. The van der Waals surface area contributed by atoms with E-state index >= 15 is 0 Å². The van der Waals surface area contributed by atoms with Gasteiger partial charge in [0.1, 0.15) is 0 Å². The van der Waals surface area contributed by atoms with Crippen LogP contribution in [0.2, 0.25) is 0 Å². The summed E-state index contributed by atoms with van der Waals surface area (Å²) in [5.74, 6) is 0. The minimum Gasteiger partial charge on any atom is -0.309 e. The quantitative estimate of drug-likeness (QED) is 0.555. The fourth-order valence-corrected chi connectivity index (χ4v) is 3.67. The molecule has 114 valence electrons. The van der Waals surface area contributed by atoms with Crippen LogP contribution in [0, 0.1) is 0 Å². The Bertz CT molecular complexity index is 1070. The summed E-state index contributed by atoms with van der Waals surface area (Å²) in [6, 6.07) is 23.5. The van der Waals surface area contributed by atoms with E-state index in [0.717, 1.165) is 16.7 Å². The second kappa shape index (κ2) is 4.96. The number of rotatable bonds is 2. The Hall–Kier alpha value is -2.59. The molecule has 4 rings (SSSR count). The number of fused-ring (bicyclic) bond motifs is 3. The molecule has 0 N–H and O–H groups in total. The SMILES string of the molecule is CS(=O)(=O)c1ccc(-n2c3ccccc3c3ccccc32)cc1. The molecule has 0 aliphatic carbocycles. The highest BCUT2D eigenvalue weighted by molar-refractivity contribution is 7.90. The number of hydrogen-bond acceptors (Lipinski definition) is 2. The summed E-state index contributed by atoms with van der Waals surface area (Å²) in [4.78, 5) is 0.335. The largest absolute Gasteiger partial charge is 0.309 e. The molecule has 0 radical (unpaired) electrons. The Morgan fingerprint density at radius 3 is 1.65 bits per heavy atom. The van der Waals surface area contributed by atoms with Crippen LogP contribution in [-0.2, 0) is 9.84 Å². The van der Waals surface area contributed by atoms with Crippen LogP contribution in [0.5, 0.6) is 0 Å². The molecule has 0 aliphatic heterocycles. The van der Waals surface area contributed by atoms with Crippen molar-refractivity contribution in [3.63, 3.8) is 0 Å². The van der Waals surface area contributed by atoms with Gasteiger partial charge in [0.05, 0.1) is 15.9 Å². The van der Waals surface area contributed by atoms with Gasteiger partial charge in [-0.05, 0) is 36.4 Å². The van der Waals surface area contributed by atoms with E-state index in [1.165, 1.54) is 17.0 Å². The van der Waals surface area contributed by atoms with Crippen molar-refractivity contribution in [2.45, 2.75) is 4.90 Å². The van der Waals surface area contributed by atoms with Gasteiger partial charge in [0, 0.05) is 22.7 Å². The minimum absolute atomic E-state index is 0.335. The first-order valence-electron chi connectivity index (χ1n) is 7.34. The van der Waals surface area contributed by atoms with Crippen LogP contribution in [0.1, 0.15) is 0 Å². The van der Waals surface area contributed by atoms with Crippen molar-refractivity contribution in [3.05, 3.63) is 72.8 Å². The van der Waals surface area contributed by atoms with Crippen molar-refractivity contribution in [1.29, 1.82) is 0 Å². The van der Waals surface area contributed by atoms with E-state index in [1.807, 2.05) is 36.4 Å². The molecule has 3 nitrogen and oxygen atoms in total. The predicted molar refractivity (Wildman–Crippen MR) is 93.9 cm³/mol. The number of sulfone groups is 1. The zero-order chi connectivity index (χ0) is 16.0. The molecule has 23 heavy (non-hydrogen) atoms. The molecule has 0 spiro atoms. The first kappa shape index (κ1) is 14.0. The van der Waals surface area contributed by atoms with Gasteiger partial charge in [-0.25, -0.2) is 8.42 Å².